The van der Waals surface area contributed by atoms with Crippen LogP contribution in [0.2, 0.25) is 0 Å². The molecule has 0 unspecified atom stereocenters. The molecule has 2 fully saturated rings. The molecule has 0 saturated carbocycles. The summed E-state index contributed by atoms with van der Waals surface area (Å²) in [6.07, 6.45) is 3.45. The first-order valence-corrected chi connectivity index (χ1v) is 17.1. The highest BCUT2D eigenvalue weighted by Gasteiger charge is 2.35. The molecular formula is C40H48N2O6. The van der Waals surface area contributed by atoms with Crippen molar-refractivity contribution >= 4 is 33.5 Å². The average molecular weight is 653 g/mol. The van der Waals surface area contributed by atoms with Gasteiger partial charge in [-0.05, 0) is 137 Å². The summed E-state index contributed by atoms with van der Waals surface area (Å²) in [5.41, 5.74) is 2.22. The Morgan fingerprint density at radius 3 is 1.42 bits per heavy atom. The van der Waals surface area contributed by atoms with Gasteiger partial charge in [-0.3, -0.25) is 19.4 Å². The lowest BCUT2D eigenvalue weighted by Crippen LogP contribution is -2.40. The summed E-state index contributed by atoms with van der Waals surface area (Å²) in [7, 11) is 0. The van der Waals surface area contributed by atoms with Crippen molar-refractivity contribution < 1.29 is 29.3 Å². The maximum Gasteiger partial charge on any atom is 0.323 e. The Kier molecular flexibility index (Phi) is 9.18. The molecule has 2 heterocycles. The van der Waals surface area contributed by atoms with Gasteiger partial charge >= 0.3 is 11.9 Å². The predicted octanol–water partition coefficient (Wildman–Crippen LogP) is 7.68. The van der Waals surface area contributed by atoms with Gasteiger partial charge in [0.1, 0.15) is 34.8 Å². The minimum atomic E-state index is -0.528. The molecule has 8 nitrogen and oxygen atoms in total. The van der Waals surface area contributed by atoms with Crippen molar-refractivity contribution in [2.24, 2.45) is 0 Å². The minimum absolute atomic E-state index is 0.0870. The quantitative estimate of drug-likeness (QED) is 0.196. The molecule has 2 aliphatic rings. The molecule has 0 amide bonds. The maximum absolute atomic E-state index is 12.9. The van der Waals surface area contributed by atoms with Crippen molar-refractivity contribution in [3.05, 3.63) is 71.8 Å². The Balaban J connectivity index is 1.28. The van der Waals surface area contributed by atoms with Gasteiger partial charge in [-0.2, -0.15) is 0 Å². The summed E-state index contributed by atoms with van der Waals surface area (Å²) >= 11 is 0. The normalized spacial score (nSPS) is 19.3. The molecule has 2 aliphatic heterocycles. The van der Waals surface area contributed by atoms with Crippen LogP contribution >= 0.6 is 0 Å². The van der Waals surface area contributed by atoms with Gasteiger partial charge in [0.05, 0.1) is 0 Å². The summed E-state index contributed by atoms with van der Waals surface area (Å²) < 4.78 is 11.4. The highest BCUT2D eigenvalue weighted by molar-refractivity contribution is 6.09. The molecule has 48 heavy (non-hydrogen) atoms. The number of likely N-dealkylation sites (tertiary alicyclic amines) is 2. The van der Waals surface area contributed by atoms with Crippen molar-refractivity contribution in [2.75, 3.05) is 13.1 Å². The van der Waals surface area contributed by atoms with Crippen LogP contribution in [0.15, 0.2) is 60.7 Å². The molecule has 6 rings (SSSR count). The van der Waals surface area contributed by atoms with Crippen LogP contribution in [0.3, 0.4) is 0 Å². The lowest BCUT2D eigenvalue weighted by molar-refractivity contribution is -0.161. The second-order valence-electron chi connectivity index (χ2n) is 15.4. The molecule has 8 heteroatoms. The second kappa shape index (κ2) is 13.1. The summed E-state index contributed by atoms with van der Waals surface area (Å²) in [6, 6.07) is 18.9. The Morgan fingerprint density at radius 1 is 0.646 bits per heavy atom. The number of fused-ring (bicyclic) bond motifs is 2. The first-order chi connectivity index (χ1) is 22.7. The number of phenols is 2. The van der Waals surface area contributed by atoms with Crippen LogP contribution in [-0.4, -0.2) is 68.3 Å². The molecule has 0 bridgehead atoms. The smallest absolute Gasteiger partial charge is 0.323 e. The molecule has 4 aromatic carbocycles. The van der Waals surface area contributed by atoms with Gasteiger partial charge in [0.2, 0.25) is 0 Å². The lowest BCUT2D eigenvalue weighted by atomic mass is 9.91. The van der Waals surface area contributed by atoms with Crippen molar-refractivity contribution in [1.29, 1.82) is 0 Å². The number of aromatic hydroxyl groups is 2. The third-order valence-electron chi connectivity index (χ3n) is 9.23. The van der Waals surface area contributed by atoms with E-state index in [1.807, 2.05) is 77.9 Å². The third kappa shape index (κ3) is 7.30. The molecule has 0 spiro atoms. The molecular weight excluding hydrogens is 604 g/mol. The minimum Gasteiger partial charge on any atom is -0.507 e. The third-order valence-corrected chi connectivity index (χ3v) is 9.23. The maximum atomic E-state index is 12.9. The van der Waals surface area contributed by atoms with Crippen molar-refractivity contribution in [1.82, 2.24) is 9.80 Å². The monoisotopic (exact) mass is 652 g/mol. The predicted molar refractivity (Wildman–Crippen MR) is 189 cm³/mol. The fraction of sp³-hybridized carbons (Fsp3) is 0.450. The largest absolute Gasteiger partial charge is 0.507 e. The number of ether oxygens (including phenoxy) is 2. The number of esters is 2. The van der Waals surface area contributed by atoms with Gasteiger partial charge in [-0.15, -0.1) is 0 Å². The fourth-order valence-corrected chi connectivity index (χ4v) is 7.23. The topological polar surface area (TPSA) is 99.5 Å². The molecule has 254 valence electrons. The zero-order valence-corrected chi connectivity index (χ0v) is 29.0. The Labute approximate surface area is 283 Å². The van der Waals surface area contributed by atoms with Gasteiger partial charge in [0.25, 0.3) is 0 Å². The van der Waals surface area contributed by atoms with Gasteiger partial charge in [-0.1, -0.05) is 36.4 Å². The fourth-order valence-electron chi connectivity index (χ4n) is 7.23. The number of carbonyl (C=O) groups excluding carboxylic acids is 2. The first kappa shape index (κ1) is 33.7. The number of hydrogen-bond acceptors (Lipinski definition) is 8. The molecule has 4 aromatic rings. The number of hydrogen-bond donors (Lipinski definition) is 2. The zero-order chi connectivity index (χ0) is 34.4. The zero-order valence-electron chi connectivity index (χ0n) is 29.0. The summed E-state index contributed by atoms with van der Waals surface area (Å²) in [5, 5.41) is 26.0. The van der Waals surface area contributed by atoms with E-state index in [2.05, 4.69) is 21.9 Å². The van der Waals surface area contributed by atoms with E-state index < -0.39 is 11.2 Å². The van der Waals surface area contributed by atoms with E-state index in [4.69, 9.17) is 9.47 Å². The lowest BCUT2D eigenvalue weighted by Gasteiger charge is -2.27. The number of rotatable bonds is 7. The molecule has 2 atom stereocenters. The van der Waals surface area contributed by atoms with E-state index in [9.17, 15) is 19.8 Å². The molecule has 0 aliphatic carbocycles. The Hall–Kier alpha value is -4.14. The van der Waals surface area contributed by atoms with Crippen LogP contribution in [0.25, 0.3) is 32.7 Å². The Bertz CT molecular complexity index is 1720. The summed E-state index contributed by atoms with van der Waals surface area (Å²) in [5.74, 6) is -0.176. The molecule has 0 aromatic heterocycles. The number of benzene rings is 4. The highest BCUT2D eigenvalue weighted by Crippen LogP contribution is 2.45. The average Bonchev–Trinajstić information content (AvgIpc) is 3.66. The van der Waals surface area contributed by atoms with Gasteiger partial charge in [-0.25, -0.2) is 0 Å². The van der Waals surface area contributed by atoms with E-state index >= 15 is 0 Å². The molecule has 2 saturated heterocycles. The highest BCUT2D eigenvalue weighted by atomic mass is 16.6. The SMILES string of the molecule is CC(C)(C)OC(=O)[C@@H]1CCCN1Cc1ccc2c(-c3c(O)ccc4cc(CN5CCC[C@H]5C(=O)OC(C)(C)C)ccc34)c(O)ccc2c1. The van der Waals surface area contributed by atoms with Gasteiger partial charge in [0.15, 0.2) is 0 Å². The Morgan fingerprint density at radius 2 is 1.04 bits per heavy atom. The standard InChI is InChI=1S/C40H48N2O6/c1-39(2,3)47-37(45)31-9-7-19-41(31)23-25-11-15-29-27(21-25)13-17-33(43)35(29)36-30-16-12-26(22-28(30)14-18-34(36)44)24-42-20-8-10-32(42)38(46)48-40(4,5)6/h11-18,21-22,31-32,43-44H,7-10,19-20,23-24H2,1-6H3/t31-,32-/m0/s1. The molecule has 0 radical (unpaired) electrons. The van der Waals surface area contributed by atoms with E-state index in [0.29, 0.717) is 24.2 Å². The van der Waals surface area contributed by atoms with Crippen molar-refractivity contribution in [2.45, 2.75) is 104 Å². The van der Waals surface area contributed by atoms with E-state index in [1.54, 1.807) is 12.1 Å². The number of phenolic OH excluding ortho intramolecular Hbond substituents is 2. The van der Waals surface area contributed by atoms with E-state index in [0.717, 1.165) is 71.4 Å². The van der Waals surface area contributed by atoms with Crippen molar-refractivity contribution in [3.8, 4) is 22.6 Å². The molecule has 2 N–H and O–H groups in total. The van der Waals surface area contributed by atoms with Crippen LogP contribution in [0, 0.1) is 0 Å². The number of nitrogens with zero attached hydrogens (tertiary/aromatic N) is 2. The van der Waals surface area contributed by atoms with E-state index in [1.165, 1.54) is 0 Å². The second-order valence-corrected chi connectivity index (χ2v) is 15.4. The summed E-state index contributed by atoms with van der Waals surface area (Å²) in [4.78, 5) is 30.2. The summed E-state index contributed by atoms with van der Waals surface area (Å²) in [6.45, 7) is 14.2. The van der Waals surface area contributed by atoms with Crippen LogP contribution < -0.4 is 0 Å². The van der Waals surface area contributed by atoms with Crippen LogP contribution in [0.1, 0.15) is 78.4 Å². The van der Waals surface area contributed by atoms with E-state index in [-0.39, 0.29) is 35.5 Å². The first-order valence-electron chi connectivity index (χ1n) is 17.1. The van der Waals surface area contributed by atoms with Gasteiger partial charge < -0.3 is 19.7 Å². The number of carbonyl (C=O) groups is 2. The van der Waals surface area contributed by atoms with Crippen LogP contribution in [0.4, 0.5) is 0 Å². The van der Waals surface area contributed by atoms with Crippen molar-refractivity contribution in [3.63, 3.8) is 0 Å². The van der Waals surface area contributed by atoms with Crippen LogP contribution in [0.5, 0.6) is 11.5 Å². The van der Waals surface area contributed by atoms with Crippen LogP contribution in [-0.2, 0) is 32.2 Å². The van der Waals surface area contributed by atoms with Gasteiger partial charge in [0, 0.05) is 24.2 Å².